The summed E-state index contributed by atoms with van der Waals surface area (Å²) in [6, 6.07) is 5.34. The minimum atomic E-state index is -0.520. The lowest BCUT2D eigenvalue weighted by Crippen LogP contribution is -2.37. The molecule has 3 aromatic rings. The highest BCUT2D eigenvalue weighted by Crippen LogP contribution is 2.26. The van der Waals surface area contributed by atoms with Gasteiger partial charge in [0.05, 0.1) is 26.6 Å². The zero-order chi connectivity index (χ0) is 19.6. The third-order valence-corrected chi connectivity index (χ3v) is 3.95. The van der Waals surface area contributed by atoms with E-state index >= 15 is 0 Å². The molecule has 0 aliphatic carbocycles. The molecule has 1 N–H and O–H groups in total. The van der Waals surface area contributed by atoms with Crippen molar-refractivity contribution in [1.82, 2.24) is 19.1 Å². The van der Waals surface area contributed by atoms with Crippen LogP contribution >= 0.6 is 0 Å². The predicted molar refractivity (Wildman–Crippen MR) is 101 cm³/mol. The number of methoxy groups -OCH3 is 2. The lowest BCUT2D eigenvalue weighted by Gasteiger charge is -2.08. The van der Waals surface area contributed by atoms with Crippen LogP contribution in [-0.4, -0.2) is 39.5 Å². The Hall–Kier alpha value is -3.69. The highest BCUT2D eigenvalue weighted by molar-refractivity contribution is 5.81. The number of hydrogen-bond acceptors (Lipinski definition) is 8. The lowest BCUT2D eigenvalue weighted by molar-refractivity contribution is 0.355. The summed E-state index contributed by atoms with van der Waals surface area (Å²) in [7, 11) is 6.03. The summed E-state index contributed by atoms with van der Waals surface area (Å²) in [6.45, 7) is 0. The Balaban J connectivity index is 1.88. The Morgan fingerprint density at radius 1 is 1.11 bits per heavy atom. The van der Waals surface area contributed by atoms with E-state index in [4.69, 9.17) is 9.47 Å². The fourth-order valence-electron chi connectivity index (χ4n) is 2.49. The Kier molecular flexibility index (Phi) is 4.88. The molecule has 0 amide bonds. The van der Waals surface area contributed by atoms with E-state index in [9.17, 15) is 9.59 Å². The van der Waals surface area contributed by atoms with Crippen molar-refractivity contribution in [3.63, 3.8) is 0 Å². The van der Waals surface area contributed by atoms with E-state index in [1.54, 1.807) is 32.6 Å². The number of hydrazone groups is 1. The molecule has 0 unspecified atom stereocenters. The smallest absolute Gasteiger partial charge is 0.332 e. The molecular weight excluding hydrogens is 352 g/mol. The van der Waals surface area contributed by atoms with E-state index in [0.29, 0.717) is 11.5 Å². The van der Waals surface area contributed by atoms with E-state index in [0.717, 1.165) is 10.1 Å². The largest absolute Gasteiger partial charge is 0.493 e. The summed E-state index contributed by atoms with van der Waals surface area (Å²) in [5.74, 6) is 1.47. The summed E-state index contributed by atoms with van der Waals surface area (Å²) < 4.78 is 12.7. The van der Waals surface area contributed by atoms with Crippen LogP contribution in [0.4, 0.5) is 5.82 Å². The highest BCUT2D eigenvalue weighted by atomic mass is 16.5. The van der Waals surface area contributed by atoms with Gasteiger partial charge in [-0.15, -0.1) is 0 Å². The molecule has 0 atom stereocenters. The molecule has 0 saturated heterocycles. The first-order valence-electron chi connectivity index (χ1n) is 7.90. The molecule has 10 nitrogen and oxygen atoms in total. The number of hydrogen-bond donors (Lipinski definition) is 1. The summed E-state index contributed by atoms with van der Waals surface area (Å²) in [4.78, 5) is 32.5. The second-order valence-corrected chi connectivity index (χ2v) is 5.62. The van der Waals surface area contributed by atoms with Gasteiger partial charge in [0, 0.05) is 14.1 Å². The molecule has 0 aliphatic rings. The fourth-order valence-corrected chi connectivity index (χ4v) is 2.49. The summed E-state index contributed by atoms with van der Waals surface area (Å²) in [5, 5.41) is 4.09. The van der Waals surface area contributed by atoms with Gasteiger partial charge in [0.2, 0.25) is 0 Å². The zero-order valence-corrected chi connectivity index (χ0v) is 15.3. The first-order valence-corrected chi connectivity index (χ1v) is 7.90. The van der Waals surface area contributed by atoms with E-state index < -0.39 is 11.2 Å². The lowest BCUT2D eigenvalue weighted by atomic mass is 10.2. The van der Waals surface area contributed by atoms with Crippen molar-refractivity contribution in [3.8, 4) is 11.5 Å². The van der Waals surface area contributed by atoms with Crippen LogP contribution in [-0.2, 0) is 14.1 Å². The SMILES string of the molecule is COc1ccc(C=NNc2cnc3c(n2)c(=O)n(C)c(=O)n3C)cc1OC. The second-order valence-electron chi connectivity index (χ2n) is 5.62. The molecule has 10 heteroatoms. The quantitative estimate of drug-likeness (QED) is 0.514. The van der Waals surface area contributed by atoms with Crippen molar-refractivity contribution < 1.29 is 9.47 Å². The van der Waals surface area contributed by atoms with Crippen LogP contribution in [0.2, 0.25) is 0 Å². The fraction of sp³-hybridized carbons (Fsp3) is 0.235. The maximum absolute atomic E-state index is 12.2. The monoisotopic (exact) mass is 370 g/mol. The summed E-state index contributed by atoms with van der Waals surface area (Å²) in [5.41, 5.74) is 2.79. The van der Waals surface area contributed by atoms with Gasteiger partial charge in [-0.05, 0) is 23.8 Å². The van der Waals surface area contributed by atoms with Crippen LogP contribution in [0, 0.1) is 0 Å². The van der Waals surface area contributed by atoms with Crippen molar-refractivity contribution in [2.45, 2.75) is 0 Å². The number of benzene rings is 1. The number of ether oxygens (including phenoxy) is 2. The van der Waals surface area contributed by atoms with E-state index in [-0.39, 0.29) is 17.0 Å². The van der Waals surface area contributed by atoms with E-state index in [1.807, 2.05) is 6.07 Å². The first-order chi connectivity index (χ1) is 13.0. The molecule has 0 spiro atoms. The third kappa shape index (κ3) is 3.36. The molecule has 1 aromatic carbocycles. The number of nitrogens with one attached hydrogen (secondary N) is 1. The molecule has 3 rings (SSSR count). The molecule has 0 fully saturated rings. The van der Waals surface area contributed by atoms with Gasteiger partial charge in [-0.2, -0.15) is 5.10 Å². The highest BCUT2D eigenvalue weighted by Gasteiger charge is 2.11. The normalized spacial score (nSPS) is 11.1. The van der Waals surface area contributed by atoms with Crippen molar-refractivity contribution in [2.75, 3.05) is 19.6 Å². The van der Waals surface area contributed by atoms with Gasteiger partial charge in [0.1, 0.15) is 0 Å². The zero-order valence-electron chi connectivity index (χ0n) is 15.3. The van der Waals surface area contributed by atoms with Crippen molar-refractivity contribution in [3.05, 3.63) is 50.8 Å². The Bertz CT molecular complexity index is 1150. The van der Waals surface area contributed by atoms with Crippen LogP contribution in [0.3, 0.4) is 0 Å². The molecule has 140 valence electrons. The van der Waals surface area contributed by atoms with E-state index in [1.165, 1.54) is 24.9 Å². The van der Waals surface area contributed by atoms with Gasteiger partial charge in [-0.1, -0.05) is 0 Å². The Morgan fingerprint density at radius 3 is 2.56 bits per heavy atom. The molecule has 2 aromatic heterocycles. The van der Waals surface area contributed by atoms with Gasteiger partial charge in [-0.3, -0.25) is 19.4 Å². The molecular formula is C17H18N6O4. The van der Waals surface area contributed by atoms with Gasteiger partial charge in [-0.25, -0.2) is 14.8 Å². The standard InChI is InChI=1S/C17H18N6O4/c1-22-15-14(16(24)23(2)17(22)25)20-13(9-18-15)21-19-8-10-5-6-11(26-3)12(7-10)27-4/h5-9H,1-4H3,(H,20,21). The summed E-state index contributed by atoms with van der Waals surface area (Å²) in [6.07, 6.45) is 2.96. The minimum absolute atomic E-state index is 0.0749. The number of aromatic nitrogens is 4. The second kappa shape index (κ2) is 7.28. The molecule has 0 radical (unpaired) electrons. The first kappa shape index (κ1) is 18.1. The maximum Gasteiger partial charge on any atom is 0.332 e. The van der Waals surface area contributed by atoms with E-state index in [2.05, 4.69) is 20.5 Å². The van der Waals surface area contributed by atoms with Gasteiger partial charge in [0.15, 0.2) is 28.5 Å². The van der Waals surface area contributed by atoms with Crippen LogP contribution in [0.1, 0.15) is 5.56 Å². The molecule has 2 heterocycles. The third-order valence-electron chi connectivity index (χ3n) is 3.95. The van der Waals surface area contributed by atoms with Crippen LogP contribution in [0.5, 0.6) is 11.5 Å². The number of anilines is 1. The average molecular weight is 370 g/mol. The van der Waals surface area contributed by atoms with Gasteiger partial charge in [0.25, 0.3) is 5.56 Å². The molecule has 0 aliphatic heterocycles. The van der Waals surface area contributed by atoms with Gasteiger partial charge < -0.3 is 9.47 Å². The summed E-state index contributed by atoms with van der Waals surface area (Å²) >= 11 is 0. The molecule has 27 heavy (non-hydrogen) atoms. The topological polar surface area (TPSA) is 113 Å². The van der Waals surface area contributed by atoms with Crippen LogP contribution in [0.25, 0.3) is 11.2 Å². The van der Waals surface area contributed by atoms with Crippen molar-refractivity contribution in [1.29, 1.82) is 0 Å². The Morgan fingerprint density at radius 2 is 1.85 bits per heavy atom. The number of aryl methyl sites for hydroxylation is 1. The predicted octanol–water partition coefficient (Wildman–Crippen LogP) is 0.490. The molecule has 0 saturated carbocycles. The molecule has 0 bridgehead atoms. The van der Waals surface area contributed by atoms with Crippen molar-refractivity contribution >= 4 is 23.2 Å². The Labute approximate surface area is 153 Å². The number of rotatable bonds is 5. The van der Waals surface area contributed by atoms with Gasteiger partial charge >= 0.3 is 5.69 Å². The average Bonchev–Trinajstić information content (AvgIpc) is 2.70. The number of nitrogens with zero attached hydrogens (tertiary/aromatic N) is 5. The van der Waals surface area contributed by atoms with Crippen LogP contribution < -0.4 is 26.1 Å². The van der Waals surface area contributed by atoms with Crippen LogP contribution in [0.15, 0.2) is 39.1 Å². The van der Waals surface area contributed by atoms with Crippen molar-refractivity contribution in [2.24, 2.45) is 19.2 Å². The number of fused-ring (bicyclic) bond motifs is 1. The maximum atomic E-state index is 12.2. The minimum Gasteiger partial charge on any atom is -0.493 e.